The third kappa shape index (κ3) is 2.54. The zero-order chi connectivity index (χ0) is 13.1. The van der Waals surface area contributed by atoms with E-state index < -0.39 is 0 Å². The van der Waals surface area contributed by atoms with Crippen LogP contribution in [0.1, 0.15) is 17.0 Å². The number of nitrogens with zero attached hydrogens (tertiary/aromatic N) is 2. The second-order valence-electron chi connectivity index (χ2n) is 4.39. The first-order chi connectivity index (χ1) is 8.63. The number of morpholine rings is 1. The van der Waals surface area contributed by atoms with Crippen LogP contribution in [-0.2, 0) is 20.8 Å². The maximum absolute atomic E-state index is 11.7. The van der Waals surface area contributed by atoms with Gasteiger partial charge in [0.15, 0.2) is 0 Å². The molecule has 1 fully saturated rings. The van der Waals surface area contributed by atoms with E-state index in [-0.39, 0.29) is 12.0 Å². The normalized spacial score (nSPS) is 20.9. The highest BCUT2D eigenvalue weighted by atomic mass is 16.5. The number of methoxy groups -OCH3 is 1. The summed E-state index contributed by atoms with van der Waals surface area (Å²) in [7, 11) is 1.39. The number of hydrogen-bond donors (Lipinski definition) is 0. The fourth-order valence-corrected chi connectivity index (χ4v) is 2.11. The monoisotopic (exact) mass is 254 g/mol. The van der Waals surface area contributed by atoms with E-state index in [2.05, 4.69) is 5.16 Å². The molecule has 1 aromatic rings. The van der Waals surface area contributed by atoms with Crippen LogP contribution in [0, 0.1) is 13.8 Å². The average Bonchev–Trinajstić information content (AvgIpc) is 2.70. The SMILES string of the molecule is COC(=O)C1COCCN1Cc1c(C)noc1C. The van der Waals surface area contributed by atoms with Gasteiger partial charge < -0.3 is 14.0 Å². The van der Waals surface area contributed by atoms with Crippen molar-refractivity contribution in [1.29, 1.82) is 0 Å². The van der Waals surface area contributed by atoms with Gasteiger partial charge in [0.05, 0.1) is 26.0 Å². The molecule has 0 aromatic carbocycles. The van der Waals surface area contributed by atoms with Gasteiger partial charge in [-0.2, -0.15) is 0 Å². The summed E-state index contributed by atoms with van der Waals surface area (Å²) in [6, 6.07) is -0.350. The van der Waals surface area contributed by atoms with Gasteiger partial charge in [-0.3, -0.25) is 9.69 Å². The molecule has 0 saturated carbocycles. The third-order valence-electron chi connectivity index (χ3n) is 3.26. The predicted octanol–water partition coefficient (Wildman–Crippen LogP) is 0.665. The molecule has 6 heteroatoms. The average molecular weight is 254 g/mol. The smallest absolute Gasteiger partial charge is 0.325 e. The lowest BCUT2D eigenvalue weighted by atomic mass is 10.1. The Morgan fingerprint density at radius 1 is 1.56 bits per heavy atom. The Kier molecular flexibility index (Phi) is 3.98. The molecule has 0 amide bonds. The van der Waals surface area contributed by atoms with E-state index in [4.69, 9.17) is 14.0 Å². The molecule has 100 valence electrons. The lowest BCUT2D eigenvalue weighted by molar-refractivity contribution is -0.153. The first-order valence-corrected chi connectivity index (χ1v) is 5.95. The van der Waals surface area contributed by atoms with E-state index in [9.17, 15) is 4.79 Å². The number of aromatic nitrogens is 1. The third-order valence-corrected chi connectivity index (χ3v) is 3.26. The van der Waals surface area contributed by atoms with Crippen LogP contribution >= 0.6 is 0 Å². The van der Waals surface area contributed by atoms with E-state index >= 15 is 0 Å². The first-order valence-electron chi connectivity index (χ1n) is 5.95. The van der Waals surface area contributed by atoms with E-state index in [1.54, 1.807) is 0 Å². The highest BCUT2D eigenvalue weighted by molar-refractivity contribution is 5.75. The van der Waals surface area contributed by atoms with Gasteiger partial charge in [0.25, 0.3) is 0 Å². The summed E-state index contributed by atoms with van der Waals surface area (Å²) >= 11 is 0. The van der Waals surface area contributed by atoms with Crippen molar-refractivity contribution in [2.75, 3.05) is 26.9 Å². The summed E-state index contributed by atoms with van der Waals surface area (Å²) in [4.78, 5) is 13.7. The van der Waals surface area contributed by atoms with Crippen LogP contribution in [0.15, 0.2) is 4.52 Å². The van der Waals surface area contributed by atoms with Gasteiger partial charge in [0, 0.05) is 18.7 Å². The molecule has 0 N–H and O–H groups in total. The van der Waals surface area contributed by atoms with Crippen LogP contribution in [0.4, 0.5) is 0 Å². The minimum Gasteiger partial charge on any atom is -0.468 e. The fourth-order valence-electron chi connectivity index (χ4n) is 2.11. The Labute approximate surface area is 106 Å². The van der Waals surface area contributed by atoms with Gasteiger partial charge in [0.2, 0.25) is 0 Å². The zero-order valence-corrected chi connectivity index (χ0v) is 10.9. The molecular weight excluding hydrogens is 236 g/mol. The Balaban J connectivity index is 2.13. The van der Waals surface area contributed by atoms with Crippen molar-refractivity contribution in [3.8, 4) is 0 Å². The Bertz CT molecular complexity index is 410. The standard InChI is InChI=1S/C12H18N2O4/c1-8-10(9(2)18-13-8)6-14-4-5-17-7-11(14)12(15)16-3/h11H,4-7H2,1-3H3. The van der Waals surface area contributed by atoms with Crippen molar-refractivity contribution in [2.24, 2.45) is 0 Å². The molecule has 1 saturated heterocycles. The molecule has 1 atom stereocenters. The summed E-state index contributed by atoms with van der Waals surface area (Å²) in [5.74, 6) is 0.532. The first kappa shape index (κ1) is 13.0. The molecule has 1 aliphatic rings. The molecule has 6 nitrogen and oxygen atoms in total. The number of rotatable bonds is 3. The maximum atomic E-state index is 11.7. The van der Waals surface area contributed by atoms with Gasteiger partial charge in [0.1, 0.15) is 11.8 Å². The van der Waals surface area contributed by atoms with Gasteiger partial charge in [-0.15, -0.1) is 0 Å². The van der Waals surface area contributed by atoms with Crippen molar-refractivity contribution in [3.05, 3.63) is 17.0 Å². The number of carbonyl (C=O) groups is 1. The van der Waals surface area contributed by atoms with Crippen LogP contribution < -0.4 is 0 Å². The van der Waals surface area contributed by atoms with Crippen LogP contribution in [0.2, 0.25) is 0 Å². The van der Waals surface area contributed by atoms with Crippen LogP contribution in [0.3, 0.4) is 0 Å². The molecule has 0 bridgehead atoms. The van der Waals surface area contributed by atoms with Crippen molar-refractivity contribution in [2.45, 2.75) is 26.4 Å². The minimum absolute atomic E-state index is 0.263. The van der Waals surface area contributed by atoms with Crippen LogP contribution in [0.25, 0.3) is 0 Å². The lowest BCUT2D eigenvalue weighted by Crippen LogP contribution is -2.49. The predicted molar refractivity (Wildman–Crippen MR) is 63.0 cm³/mol. The molecule has 2 rings (SSSR count). The molecule has 18 heavy (non-hydrogen) atoms. The summed E-state index contributed by atoms with van der Waals surface area (Å²) in [5, 5.41) is 3.92. The minimum atomic E-state index is -0.350. The molecule has 0 spiro atoms. The summed E-state index contributed by atoms with van der Waals surface area (Å²) < 4.78 is 15.3. The highest BCUT2D eigenvalue weighted by Crippen LogP contribution is 2.18. The molecule has 1 unspecified atom stereocenters. The topological polar surface area (TPSA) is 64.8 Å². The molecule has 1 aliphatic heterocycles. The van der Waals surface area contributed by atoms with Gasteiger partial charge in [-0.05, 0) is 13.8 Å². The Morgan fingerprint density at radius 2 is 2.33 bits per heavy atom. The molecule has 0 radical (unpaired) electrons. The van der Waals surface area contributed by atoms with Gasteiger partial charge in [-0.1, -0.05) is 5.16 Å². The van der Waals surface area contributed by atoms with Crippen LogP contribution in [0.5, 0.6) is 0 Å². The number of carbonyl (C=O) groups excluding carboxylic acids is 1. The van der Waals surface area contributed by atoms with Gasteiger partial charge >= 0.3 is 5.97 Å². The zero-order valence-electron chi connectivity index (χ0n) is 10.9. The van der Waals surface area contributed by atoms with Crippen molar-refractivity contribution < 1.29 is 18.8 Å². The molecular formula is C12H18N2O4. The lowest BCUT2D eigenvalue weighted by Gasteiger charge is -2.33. The summed E-state index contributed by atoms with van der Waals surface area (Å²) in [6.45, 7) is 6.10. The second-order valence-corrected chi connectivity index (χ2v) is 4.39. The summed E-state index contributed by atoms with van der Waals surface area (Å²) in [5.41, 5.74) is 1.90. The van der Waals surface area contributed by atoms with Crippen LogP contribution in [-0.4, -0.2) is 48.9 Å². The molecule has 1 aromatic heterocycles. The van der Waals surface area contributed by atoms with E-state index in [0.29, 0.717) is 26.3 Å². The Hall–Kier alpha value is -1.40. The molecule has 2 heterocycles. The van der Waals surface area contributed by atoms with Crippen molar-refractivity contribution in [3.63, 3.8) is 0 Å². The fraction of sp³-hybridized carbons (Fsp3) is 0.667. The van der Waals surface area contributed by atoms with Crippen molar-refractivity contribution in [1.82, 2.24) is 10.1 Å². The van der Waals surface area contributed by atoms with E-state index in [1.807, 2.05) is 18.7 Å². The van der Waals surface area contributed by atoms with Gasteiger partial charge in [-0.25, -0.2) is 0 Å². The second kappa shape index (κ2) is 5.49. The molecule has 0 aliphatic carbocycles. The van der Waals surface area contributed by atoms with E-state index in [0.717, 1.165) is 17.0 Å². The number of hydrogen-bond acceptors (Lipinski definition) is 6. The van der Waals surface area contributed by atoms with E-state index in [1.165, 1.54) is 7.11 Å². The maximum Gasteiger partial charge on any atom is 0.325 e. The largest absolute Gasteiger partial charge is 0.468 e. The quantitative estimate of drug-likeness (QED) is 0.738. The Morgan fingerprint density at radius 3 is 2.94 bits per heavy atom. The number of aryl methyl sites for hydroxylation is 2. The highest BCUT2D eigenvalue weighted by Gasteiger charge is 2.31. The summed E-state index contributed by atoms with van der Waals surface area (Å²) in [6.07, 6.45) is 0. The number of ether oxygens (including phenoxy) is 2. The number of esters is 1. The van der Waals surface area contributed by atoms with Crippen molar-refractivity contribution >= 4 is 5.97 Å².